The van der Waals surface area contributed by atoms with Gasteiger partial charge in [-0.15, -0.1) is 10.2 Å². The van der Waals surface area contributed by atoms with Gasteiger partial charge in [-0.05, 0) is 34.9 Å². The molecule has 0 radical (unpaired) electrons. The van der Waals surface area contributed by atoms with Crippen molar-refractivity contribution in [2.75, 3.05) is 0 Å². The third-order valence-electron chi connectivity index (χ3n) is 5.09. The lowest BCUT2D eigenvalue weighted by Gasteiger charge is -2.02. The Hall–Kier alpha value is -3.05. The molecule has 0 saturated heterocycles. The summed E-state index contributed by atoms with van der Waals surface area (Å²) in [5, 5.41) is 12.6. The Bertz CT molecular complexity index is 1430. The predicted molar refractivity (Wildman–Crippen MR) is 107 cm³/mol. The van der Waals surface area contributed by atoms with Crippen molar-refractivity contribution in [3.8, 4) is 11.5 Å². The molecule has 0 saturated carbocycles. The number of aromatic nitrogens is 4. The van der Waals surface area contributed by atoms with Crippen molar-refractivity contribution in [3.05, 3.63) is 60.2 Å². The zero-order valence-corrected chi connectivity index (χ0v) is 14.9. The van der Waals surface area contributed by atoms with Crippen LogP contribution in [-0.4, -0.2) is 19.6 Å². The van der Waals surface area contributed by atoms with E-state index in [1.807, 2.05) is 0 Å². The average molecular weight is 354 g/mol. The van der Waals surface area contributed by atoms with Gasteiger partial charge in [-0.2, -0.15) is 0 Å². The molecular weight excluding hydrogens is 340 g/mol. The number of aryl methyl sites for hydroxylation is 1. The summed E-state index contributed by atoms with van der Waals surface area (Å²) in [4.78, 5) is 5.86. The van der Waals surface area contributed by atoms with Gasteiger partial charge in [-0.25, -0.2) is 4.98 Å². The summed E-state index contributed by atoms with van der Waals surface area (Å²) in [6.45, 7) is 2.16. The lowest BCUT2D eigenvalue weighted by molar-refractivity contribution is 1.00. The van der Waals surface area contributed by atoms with E-state index in [1.54, 1.807) is 11.3 Å². The standard InChI is InChI=1S/C21H14N4S/c1-2-12-8-5-9-15-18(12)22-20-19(15)23-24-21-25(20)16-10-13-6-3-4-7-14(13)11-17(16)26-21/h3-11H,2H2,1H3. The van der Waals surface area contributed by atoms with Gasteiger partial charge >= 0.3 is 0 Å². The Morgan fingerprint density at radius 2 is 1.81 bits per heavy atom. The molecule has 0 unspecified atom stereocenters. The number of rotatable bonds is 1. The molecule has 1 aromatic heterocycles. The number of thiazole rings is 1. The summed E-state index contributed by atoms with van der Waals surface area (Å²) < 4.78 is 3.36. The van der Waals surface area contributed by atoms with Gasteiger partial charge in [0.15, 0.2) is 5.82 Å². The molecule has 124 valence electrons. The van der Waals surface area contributed by atoms with Crippen LogP contribution in [0.2, 0.25) is 0 Å². The molecule has 3 aromatic carbocycles. The second-order valence-electron chi connectivity index (χ2n) is 6.54. The molecule has 5 heteroatoms. The number of hydrogen-bond donors (Lipinski definition) is 0. The van der Waals surface area contributed by atoms with E-state index in [0.717, 1.165) is 39.3 Å². The highest BCUT2D eigenvalue weighted by atomic mass is 32.1. The molecule has 4 aromatic rings. The van der Waals surface area contributed by atoms with Crippen LogP contribution in [-0.2, 0) is 6.42 Å². The van der Waals surface area contributed by atoms with E-state index >= 15 is 0 Å². The van der Waals surface area contributed by atoms with Crippen molar-refractivity contribution in [1.82, 2.24) is 19.6 Å². The Morgan fingerprint density at radius 1 is 0.962 bits per heavy atom. The fourth-order valence-corrected chi connectivity index (χ4v) is 4.80. The molecule has 4 nitrogen and oxygen atoms in total. The molecule has 0 fully saturated rings. The molecule has 0 amide bonds. The van der Waals surface area contributed by atoms with E-state index in [-0.39, 0.29) is 0 Å². The maximum absolute atomic E-state index is 4.98. The van der Waals surface area contributed by atoms with Crippen LogP contribution in [0.1, 0.15) is 12.5 Å². The summed E-state index contributed by atoms with van der Waals surface area (Å²) in [6.07, 6.45) is 0.955. The van der Waals surface area contributed by atoms with Crippen LogP contribution in [0.15, 0.2) is 54.6 Å². The third kappa shape index (κ3) is 1.75. The van der Waals surface area contributed by atoms with Crippen LogP contribution in [0.3, 0.4) is 0 Å². The van der Waals surface area contributed by atoms with E-state index in [0.29, 0.717) is 0 Å². The first-order valence-electron chi connectivity index (χ1n) is 8.71. The minimum Gasteiger partial charge on any atom is -0.266 e. The molecular formula is C21H14N4S. The molecule has 2 aliphatic heterocycles. The largest absolute Gasteiger partial charge is 0.266 e. The number of para-hydroxylation sites is 1. The summed E-state index contributed by atoms with van der Waals surface area (Å²) in [5.74, 6) is 0.896. The predicted octanol–water partition coefficient (Wildman–Crippen LogP) is 5.31. The lowest BCUT2D eigenvalue weighted by atomic mass is 10.1. The first kappa shape index (κ1) is 14.2. The monoisotopic (exact) mass is 354 g/mol. The molecule has 26 heavy (non-hydrogen) atoms. The minimum atomic E-state index is 0.876. The molecule has 0 N–H and O–H groups in total. The highest BCUT2D eigenvalue weighted by molar-refractivity contribution is 7.23. The maximum atomic E-state index is 4.98. The first-order valence-corrected chi connectivity index (χ1v) is 9.53. The van der Waals surface area contributed by atoms with Gasteiger partial charge in [0.05, 0.1) is 15.7 Å². The second-order valence-corrected chi connectivity index (χ2v) is 7.55. The molecule has 0 aliphatic carbocycles. The topological polar surface area (TPSA) is 43.1 Å². The summed E-state index contributed by atoms with van der Waals surface area (Å²) in [7, 11) is 0. The first-order chi connectivity index (χ1) is 12.8. The van der Waals surface area contributed by atoms with Gasteiger partial charge in [0.1, 0.15) is 5.69 Å². The highest BCUT2D eigenvalue weighted by Crippen LogP contribution is 2.36. The van der Waals surface area contributed by atoms with Crippen molar-refractivity contribution in [1.29, 1.82) is 0 Å². The van der Waals surface area contributed by atoms with E-state index in [4.69, 9.17) is 4.98 Å². The fraction of sp³-hybridized carbons (Fsp3) is 0.0952. The zero-order chi connectivity index (χ0) is 17.3. The smallest absolute Gasteiger partial charge is 0.217 e. The number of nitrogens with zero attached hydrogens (tertiary/aromatic N) is 4. The van der Waals surface area contributed by atoms with E-state index in [1.165, 1.54) is 21.0 Å². The van der Waals surface area contributed by atoms with Crippen LogP contribution < -0.4 is 0 Å². The fourth-order valence-electron chi connectivity index (χ4n) is 3.81. The minimum absolute atomic E-state index is 0.876. The SMILES string of the molecule is CCc1cccc2c3nnc4sc5cc6ccccc6cc5n4c-3nc12. The Morgan fingerprint density at radius 3 is 2.65 bits per heavy atom. The number of fused-ring (bicyclic) bond motifs is 8. The maximum Gasteiger partial charge on any atom is 0.217 e. The van der Waals surface area contributed by atoms with Crippen LogP contribution in [0.25, 0.3) is 48.4 Å². The van der Waals surface area contributed by atoms with E-state index < -0.39 is 0 Å². The Labute approximate surface area is 153 Å². The van der Waals surface area contributed by atoms with Gasteiger partial charge in [-0.3, -0.25) is 4.40 Å². The quantitative estimate of drug-likeness (QED) is 0.402. The average Bonchev–Trinajstić information content (AvgIpc) is 3.23. The molecule has 2 aliphatic rings. The van der Waals surface area contributed by atoms with Crippen molar-refractivity contribution in [2.24, 2.45) is 0 Å². The van der Waals surface area contributed by atoms with Gasteiger partial charge in [0.25, 0.3) is 0 Å². The van der Waals surface area contributed by atoms with Crippen molar-refractivity contribution in [3.63, 3.8) is 0 Å². The Balaban J connectivity index is 1.82. The third-order valence-corrected chi connectivity index (χ3v) is 6.09. The summed E-state index contributed by atoms with van der Waals surface area (Å²) in [6, 6.07) is 19.2. The molecule has 0 spiro atoms. The highest BCUT2D eigenvalue weighted by Gasteiger charge is 2.21. The van der Waals surface area contributed by atoms with Gasteiger partial charge < -0.3 is 0 Å². The van der Waals surface area contributed by atoms with Gasteiger partial charge in [-0.1, -0.05) is 60.7 Å². The molecule has 3 heterocycles. The van der Waals surface area contributed by atoms with Gasteiger partial charge in [0.2, 0.25) is 4.96 Å². The summed E-state index contributed by atoms with van der Waals surface area (Å²) in [5.41, 5.74) is 4.31. The van der Waals surface area contributed by atoms with Crippen LogP contribution >= 0.6 is 11.3 Å². The lowest BCUT2D eigenvalue weighted by Crippen LogP contribution is -1.98. The normalized spacial score (nSPS) is 12.2. The van der Waals surface area contributed by atoms with Crippen molar-refractivity contribution in [2.45, 2.75) is 13.3 Å². The molecule has 0 atom stereocenters. The van der Waals surface area contributed by atoms with Crippen LogP contribution in [0.5, 0.6) is 0 Å². The van der Waals surface area contributed by atoms with E-state index in [9.17, 15) is 0 Å². The number of benzene rings is 3. The van der Waals surface area contributed by atoms with Crippen molar-refractivity contribution < 1.29 is 0 Å². The molecule has 0 bridgehead atoms. The van der Waals surface area contributed by atoms with Gasteiger partial charge in [0, 0.05) is 5.39 Å². The Kier molecular flexibility index (Phi) is 2.72. The number of hydrogen-bond acceptors (Lipinski definition) is 4. The second kappa shape index (κ2) is 4.99. The summed E-state index contributed by atoms with van der Waals surface area (Å²) >= 11 is 1.66. The van der Waals surface area contributed by atoms with Crippen LogP contribution in [0.4, 0.5) is 0 Å². The van der Waals surface area contributed by atoms with Crippen molar-refractivity contribution >= 4 is 48.2 Å². The van der Waals surface area contributed by atoms with E-state index in [2.05, 4.69) is 76.1 Å². The molecule has 6 rings (SSSR count). The zero-order valence-electron chi connectivity index (χ0n) is 14.1. The van der Waals surface area contributed by atoms with Crippen LogP contribution in [0, 0.1) is 0 Å².